The summed E-state index contributed by atoms with van der Waals surface area (Å²) in [6.07, 6.45) is 10.1. The topological polar surface area (TPSA) is 44.8 Å². The van der Waals surface area contributed by atoms with E-state index < -0.39 is 0 Å². The molecule has 0 saturated heterocycles. The van der Waals surface area contributed by atoms with Crippen LogP contribution in [0.1, 0.15) is 24.0 Å². The molecule has 2 aromatic rings. The molecule has 3 rings (SSSR count). The van der Waals surface area contributed by atoms with E-state index in [0.717, 1.165) is 29.0 Å². The molecule has 27 heavy (non-hydrogen) atoms. The number of hydrogen-bond donors (Lipinski definition) is 0. The smallest absolute Gasteiger partial charge is 0.305 e. The number of carbonyl (C=O) groups is 1. The highest BCUT2D eigenvalue weighted by atomic mass is 16.5. The maximum Gasteiger partial charge on any atom is 0.305 e. The Kier molecular flexibility index (Phi) is 6.69. The van der Waals surface area contributed by atoms with Gasteiger partial charge in [0.05, 0.1) is 7.11 Å². The van der Waals surface area contributed by atoms with E-state index in [1.165, 1.54) is 7.11 Å². The van der Waals surface area contributed by atoms with Crippen molar-refractivity contribution in [2.24, 2.45) is 0 Å². The number of methoxy groups -OCH3 is 1. The van der Waals surface area contributed by atoms with Crippen LogP contribution in [0.5, 0.6) is 11.5 Å². The first-order valence-corrected chi connectivity index (χ1v) is 9.11. The molecule has 1 aliphatic carbocycles. The van der Waals surface area contributed by atoms with E-state index in [2.05, 4.69) is 12.2 Å². The Hall–Kier alpha value is -3.01. The molecule has 0 bridgehead atoms. The maximum absolute atomic E-state index is 11.4. The van der Waals surface area contributed by atoms with Crippen molar-refractivity contribution in [3.63, 3.8) is 0 Å². The molecule has 0 saturated carbocycles. The van der Waals surface area contributed by atoms with Crippen LogP contribution in [-0.2, 0) is 22.6 Å². The number of aryl methyl sites for hydroxylation is 1. The largest absolute Gasteiger partial charge is 0.489 e. The fourth-order valence-corrected chi connectivity index (χ4v) is 2.88. The van der Waals surface area contributed by atoms with Gasteiger partial charge in [0.15, 0.2) is 0 Å². The molecule has 2 aromatic carbocycles. The number of ether oxygens (including phenoxy) is 3. The van der Waals surface area contributed by atoms with Crippen LogP contribution in [-0.4, -0.2) is 19.2 Å². The van der Waals surface area contributed by atoms with Gasteiger partial charge in [0.1, 0.15) is 24.2 Å². The SMILES string of the molecule is COC(=O)CCc1ccccc1OCc1cccc(OC2C=CC=CC2)c1. The van der Waals surface area contributed by atoms with Crippen LogP contribution >= 0.6 is 0 Å². The monoisotopic (exact) mass is 364 g/mol. The second kappa shape index (κ2) is 9.62. The summed E-state index contributed by atoms with van der Waals surface area (Å²) in [5, 5.41) is 0. The molecule has 0 N–H and O–H groups in total. The zero-order chi connectivity index (χ0) is 18.9. The van der Waals surface area contributed by atoms with Crippen molar-refractivity contribution >= 4 is 5.97 Å². The molecular formula is C23H24O4. The van der Waals surface area contributed by atoms with Crippen LogP contribution < -0.4 is 9.47 Å². The number of esters is 1. The van der Waals surface area contributed by atoms with Crippen molar-refractivity contribution in [1.82, 2.24) is 0 Å². The standard InChI is InChI=1S/C23H24O4/c1-25-23(24)15-14-19-9-5-6-13-22(19)26-17-18-8-7-12-21(16-18)27-20-10-3-2-4-11-20/h2-10,12-13,16,20H,11,14-15,17H2,1H3. The van der Waals surface area contributed by atoms with Crippen molar-refractivity contribution in [2.45, 2.75) is 32.0 Å². The van der Waals surface area contributed by atoms with E-state index >= 15 is 0 Å². The van der Waals surface area contributed by atoms with E-state index in [0.29, 0.717) is 19.4 Å². The summed E-state index contributed by atoms with van der Waals surface area (Å²) in [7, 11) is 1.40. The first kappa shape index (κ1) is 18.8. The predicted octanol–water partition coefficient (Wildman–Crippen LogP) is 4.63. The van der Waals surface area contributed by atoms with Crippen molar-refractivity contribution < 1.29 is 19.0 Å². The molecule has 0 spiro atoms. The molecule has 0 fully saturated rings. The molecule has 0 heterocycles. The number of hydrogen-bond acceptors (Lipinski definition) is 4. The molecule has 0 amide bonds. The Morgan fingerprint density at radius 2 is 2.00 bits per heavy atom. The summed E-state index contributed by atoms with van der Waals surface area (Å²) in [5.41, 5.74) is 2.03. The Balaban J connectivity index is 1.60. The number of benzene rings is 2. The lowest BCUT2D eigenvalue weighted by molar-refractivity contribution is -0.140. The van der Waals surface area contributed by atoms with Crippen molar-refractivity contribution in [1.29, 1.82) is 0 Å². The van der Waals surface area contributed by atoms with Crippen molar-refractivity contribution in [3.05, 3.63) is 84.0 Å². The minimum atomic E-state index is -0.221. The lowest BCUT2D eigenvalue weighted by Gasteiger charge is -2.17. The summed E-state index contributed by atoms with van der Waals surface area (Å²) in [6.45, 7) is 0.437. The van der Waals surface area contributed by atoms with E-state index in [1.807, 2.05) is 60.7 Å². The molecule has 1 aliphatic rings. The third kappa shape index (κ3) is 5.74. The lowest BCUT2D eigenvalue weighted by Crippen LogP contribution is -2.13. The Morgan fingerprint density at radius 3 is 2.81 bits per heavy atom. The lowest BCUT2D eigenvalue weighted by atomic mass is 10.1. The van der Waals surface area contributed by atoms with Crippen LogP contribution in [0.2, 0.25) is 0 Å². The highest BCUT2D eigenvalue weighted by Crippen LogP contribution is 2.23. The summed E-state index contributed by atoms with van der Waals surface area (Å²) >= 11 is 0. The van der Waals surface area contributed by atoms with Gasteiger partial charge in [0.25, 0.3) is 0 Å². The zero-order valence-electron chi connectivity index (χ0n) is 15.5. The molecule has 1 atom stereocenters. The number of para-hydroxylation sites is 1. The second-order valence-corrected chi connectivity index (χ2v) is 6.32. The van der Waals surface area contributed by atoms with E-state index in [1.54, 1.807) is 0 Å². The molecule has 140 valence electrons. The van der Waals surface area contributed by atoms with Crippen molar-refractivity contribution in [2.75, 3.05) is 7.11 Å². The molecule has 0 radical (unpaired) electrons. The Morgan fingerprint density at radius 1 is 1.11 bits per heavy atom. The molecule has 4 heteroatoms. The van der Waals surface area contributed by atoms with Gasteiger partial charge in [-0.3, -0.25) is 4.79 Å². The van der Waals surface area contributed by atoms with Gasteiger partial charge in [-0.25, -0.2) is 0 Å². The van der Waals surface area contributed by atoms with Crippen LogP contribution in [0.3, 0.4) is 0 Å². The van der Waals surface area contributed by atoms with Crippen molar-refractivity contribution in [3.8, 4) is 11.5 Å². The molecule has 0 aliphatic heterocycles. The van der Waals surface area contributed by atoms with Crippen LogP contribution in [0.25, 0.3) is 0 Å². The number of carbonyl (C=O) groups excluding carboxylic acids is 1. The van der Waals surface area contributed by atoms with Gasteiger partial charge in [-0.1, -0.05) is 48.6 Å². The number of rotatable bonds is 8. The maximum atomic E-state index is 11.4. The minimum Gasteiger partial charge on any atom is -0.489 e. The highest BCUT2D eigenvalue weighted by Gasteiger charge is 2.09. The van der Waals surface area contributed by atoms with Gasteiger partial charge in [-0.15, -0.1) is 0 Å². The summed E-state index contributed by atoms with van der Waals surface area (Å²) in [6, 6.07) is 15.7. The molecule has 4 nitrogen and oxygen atoms in total. The summed E-state index contributed by atoms with van der Waals surface area (Å²) < 4.78 is 16.7. The van der Waals surface area contributed by atoms with Gasteiger partial charge in [0.2, 0.25) is 0 Å². The third-order valence-corrected chi connectivity index (χ3v) is 4.32. The first-order valence-electron chi connectivity index (χ1n) is 9.11. The molecule has 1 unspecified atom stereocenters. The van der Waals surface area contributed by atoms with Crippen LogP contribution in [0.4, 0.5) is 0 Å². The first-order chi connectivity index (χ1) is 13.2. The van der Waals surface area contributed by atoms with Gasteiger partial charge >= 0.3 is 5.97 Å². The fourth-order valence-electron chi connectivity index (χ4n) is 2.88. The van der Waals surface area contributed by atoms with Gasteiger partial charge in [0, 0.05) is 12.8 Å². The van der Waals surface area contributed by atoms with E-state index in [-0.39, 0.29) is 12.1 Å². The van der Waals surface area contributed by atoms with Gasteiger partial charge < -0.3 is 14.2 Å². The average Bonchev–Trinajstić information content (AvgIpc) is 2.72. The second-order valence-electron chi connectivity index (χ2n) is 6.32. The summed E-state index contributed by atoms with van der Waals surface area (Å²) in [4.78, 5) is 11.4. The highest BCUT2D eigenvalue weighted by molar-refractivity contribution is 5.69. The average molecular weight is 364 g/mol. The Labute approximate surface area is 160 Å². The molecule has 0 aromatic heterocycles. The zero-order valence-corrected chi connectivity index (χ0v) is 15.5. The normalized spacial score (nSPS) is 15.4. The molecular weight excluding hydrogens is 340 g/mol. The summed E-state index contributed by atoms with van der Waals surface area (Å²) in [5.74, 6) is 1.40. The quantitative estimate of drug-likeness (QED) is 0.641. The van der Waals surface area contributed by atoms with E-state index in [4.69, 9.17) is 14.2 Å². The predicted molar refractivity (Wildman–Crippen MR) is 105 cm³/mol. The fraction of sp³-hybridized carbons (Fsp3) is 0.261. The van der Waals surface area contributed by atoms with Crippen LogP contribution in [0, 0.1) is 0 Å². The van der Waals surface area contributed by atoms with E-state index in [9.17, 15) is 4.79 Å². The Bertz CT molecular complexity index is 823. The van der Waals surface area contributed by atoms with Gasteiger partial charge in [-0.05, 0) is 41.8 Å². The minimum absolute atomic E-state index is 0.0743. The third-order valence-electron chi connectivity index (χ3n) is 4.32. The van der Waals surface area contributed by atoms with Gasteiger partial charge in [-0.2, -0.15) is 0 Å². The number of allylic oxidation sites excluding steroid dienone is 2. The van der Waals surface area contributed by atoms with Crippen LogP contribution in [0.15, 0.2) is 72.8 Å².